The van der Waals surface area contributed by atoms with Crippen LogP contribution < -0.4 is 11.2 Å². The number of anilines is 1. The third kappa shape index (κ3) is 3.69. The van der Waals surface area contributed by atoms with Gasteiger partial charge < -0.3 is 15.9 Å². The Morgan fingerprint density at radius 2 is 2.30 bits per heavy atom. The molecule has 0 fully saturated rings. The highest BCUT2D eigenvalue weighted by molar-refractivity contribution is 7.13. The van der Waals surface area contributed by atoms with E-state index in [4.69, 9.17) is 10.8 Å². The normalized spacial score (nSPS) is 10.8. The van der Waals surface area contributed by atoms with Gasteiger partial charge in [-0.3, -0.25) is 4.79 Å². The number of thiazole rings is 1. The minimum Gasteiger partial charge on any atom is -0.508 e. The summed E-state index contributed by atoms with van der Waals surface area (Å²) in [5, 5.41) is 24.5. The number of nitrogens with zero attached hydrogens (tertiary/aromatic N) is 2. The minimum absolute atomic E-state index is 0.0511. The predicted octanol–water partition coefficient (Wildman–Crippen LogP) is 0.829. The smallest absolute Gasteiger partial charge is 0.246 e. The first kappa shape index (κ1) is 13.8. The minimum atomic E-state index is -0.343. The van der Waals surface area contributed by atoms with E-state index in [0.717, 1.165) is 0 Å². The molecule has 0 bridgehead atoms. The van der Waals surface area contributed by atoms with Gasteiger partial charge in [0.05, 0.1) is 18.3 Å². The van der Waals surface area contributed by atoms with Crippen molar-refractivity contribution in [2.45, 2.75) is 6.42 Å². The van der Waals surface area contributed by atoms with E-state index >= 15 is 0 Å². The number of hydrogen-bond donors (Lipinski definition) is 4. The number of amides is 1. The van der Waals surface area contributed by atoms with Crippen LogP contribution in [0, 0.1) is 0 Å². The summed E-state index contributed by atoms with van der Waals surface area (Å²) in [6.07, 6.45) is 1.36. The quantitative estimate of drug-likeness (QED) is 0.491. The van der Waals surface area contributed by atoms with Crippen LogP contribution in [0.25, 0.3) is 0 Å². The van der Waals surface area contributed by atoms with Gasteiger partial charge in [-0.05, 0) is 12.1 Å². The van der Waals surface area contributed by atoms with Crippen molar-refractivity contribution in [3.63, 3.8) is 0 Å². The Morgan fingerprint density at radius 1 is 1.50 bits per heavy atom. The standard InChI is InChI=1S/C12H12N4O3S/c13-12-15-8(6-20-12)3-11(19)16-14-5-7-1-2-9(17)4-10(7)18/h1-2,4-6,17-18H,3H2,(H2,13,15)(H,16,19)/b14-5+. The second-order valence-corrected chi connectivity index (χ2v) is 4.78. The maximum absolute atomic E-state index is 11.5. The number of aromatic hydroxyl groups is 2. The van der Waals surface area contributed by atoms with Crippen molar-refractivity contribution in [3.8, 4) is 11.5 Å². The van der Waals surface area contributed by atoms with Gasteiger partial charge in [-0.2, -0.15) is 5.10 Å². The van der Waals surface area contributed by atoms with Crippen molar-refractivity contribution in [1.29, 1.82) is 0 Å². The first-order valence-corrected chi connectivity index (χ1v) is 6.46. The highest BCUT2D eigenvalue weighted by Gasteiger charge is 2.05. The maximum Gasteiger partial charge on any atom is 0.246 e. The van der Waals surface area contributed by atoms with E-state index in [9.17, 15) is 9.90 Å². The molecular formula is C12H12N4O3S. The van der Waals surface area contributed by atoms with Gasteiger partial charge in [0, 0.05) is 17.0 Å². The van der Waals surface area contributed by atoms with Crippen molar-refractivity contribution >= 4 is 28.6 Å². The van der Waals surface area contributed by atoms with Gasteiger partial charge >= 0.3 is 0 Å². The fourth-order valence-electron chi connectivity index (χ4n) is 1.42. The number of carbonyl (C=O) groups excluding carboxylic acids is 1. The van der Waals surface area contributed by atoms with Crippen molar-refractivity contribution in [3.05, 3.63) is 34.8 Å². The maximum atomic E-state index is 11.5. The SMILES string of the molecule is Nc1nc(CC(=O)N/N=C/c2ccc(O)cc2O)cs1. The molecule has 20 heavy (non-hydrogen) atoms. The highest BCUT2D eigenvalue weighted by Crippen LogP contribution is 2.20. The average molecular weight is 292 g/mol. The van der Waals surface area contributed by atoms with E-state index in [1.165, 1.54) is 35.8 Å². The largest absolute Gasteiger partial charge is 0.508 e. The molecule has 1 amide bonds. The summed E-state index contributed by atoms with van der Waals surface area (Å²) in [5.74, 6) is -0.523. The highest BCUT2D eigenvalue weighted by atomic mass is 32.1. The number of benzene rings is 1. The van der Waals surface area contributed by atoms with Crippen LogP contribution in [0.3, 0.4) is 0 Å². The average Bonchev–Trinajstić information content (AvgIpc) is 2.77. The molecule has 1 aromatic carbocycles. The molecule has 0 saturated heterocycles. The Kier molecular flexibility index (Phi) is 4.16. The molecule has 1 aromatic heterocycles. The Labute approximate surface area is 118 Å². The van der Waals surface area contributed by atoms with Crippen LogP contribution in [0.4, 0.5) is 5.13 Å². The zero-order chi connectivity index (χ0) is 14.5. The molecule has 0 radical (unpaired) electrons. The summed E-state index contributed by atoms with van der Waals surface area (Å²) in [5.41, 5.74) is 8.72. The number of nitrogens with two attached hydrogens (primary N) is 1. The van der Waals surface area contributed by atoms with Crippen LogP contribution >= 0.6 is 11.3 Å². The van der Waals surface area contributed by atoms with Crippen molar-refractivity contribution in [2.24, 2.45) is 5.10 Å². The zero-order valence-corrected chi connectivity index (χ0v) is 11.1. The second kappa shape index (κ2) is 6.02. The Bertz CT molecular complexity index is 654. The molecule has 0 saturated carbocycles. The van der Waals surface area contributed by atoms with Gasteiger partial charge in [-0.15, -0.1) is 11.3 Å². The van der Waals surface area contributed by atoms with E-state index in [0.29, 0.717) is 16.4 Å². The van der Waals surface area contributed by atoms with Crippen LogP contribution in [0.15, 0.2) is 28.7 Å². The lowest BCUT2D eigenvalue weighted by Crippen LogP contribution is -2.19. The molecule has 2 rings (SSSR count). The van der Waals surface area contributed by atoms with Crippen molar-refractivity contribution in [1.82, 2.24) is 10.4 Å². The Balaban J connectivity index is 1.91. The lowest BCUT2D eigenvalue weighted by atomic mass is 10.2. The summed E-state index contributed by atoms with van der Waals surface area (Å²) >= 11 is 1.26. The molecule has 5 N–H and O–H groups in total. The van der Waals surface area contributed by atoms with Crippen molar-refractivity contribution in [2.75, 3.05) is 5.73 Å². The third-order valence-electron chi connectivity index (χ3n) is 2.32. The molecule has 7 nitrogen and oxygen atoms in total. The molecule has 2 aromatic rings. The number of rotatable bonds is 4. The number of nitrogen functional groups attached to an aromatic ring is 1. The number of phenols is 2. The molecule has 8 heteroatoms. The van der Waals surface area contributed by atoms with Gasteiger partial charge in [-0.25, -0.2) is 10.4 Å². The number of nitrogens with one attached hydrogen (secondary N) is 1. The van der Waals surface area contributed by atoms with Gasteiger partial charge in [-0.1, -0.05) is 0 Å². The fraction of sp³-hybridized carbons (Fsp3) is 0.0833. The molecule has 0 aliphatic rings. The summed E-state index contributed by atoms with van der Waals surface area (Å²) < 4.78 is 0. The molecule has 0 unspecified atom stereocenters. The first-order chi connectivity index (χ1) is 9.54. The number of hydrogen-bond acceptors (Lipinski definition) is 7. The van der Waals surface area contributed by atoms with Gasteiger partial charge in [0.1, 0.15) is 11.5 Å². The number of aromatic nitrogens is 1. The lowest BCUT2D eigenvalue weighted by molar-refractivity contribution is -0.120. The fourth-order valence-corrected chi connectivity index (χ4v) is 1.99. The van der Waals surface area contributed by atoms with E-state index in [2.05, 4.69) is 15.5 Å². The first-order valence-electron chi connectivity index (χ1n) is 5.58. The monoisotopic (exact) mass is 292 g/mol. The predicted molar refractivity (Wildman–Crippen MR) is 75.7 cm³/mol. The molecule has 0 aliphatic heterocycles. The van der Waals surface area contributed by atoms with E-state index in [-0.39, 0.29) is 23.8 Å². The van der Waals surface area contributed by atoms with Crippen LogP contribution in [-0.2, 0) is 11.2 Å². The van der Waals surface area contributed by atoms with E-state index < -0.39 is 0 Å². The lowest BCUT2D eigenvalue weighted by Gasteiger charge is -2.00. The molecule has 0 spiro atoms. The Morgan fingerprint density at radius 3 is 2.95 bits per heavy atom. The molecule has 1 heterocycles. The third-order valence-corrected chi connectivity index (χ3v) is 3.04. The van der Waals surface area contributed by atoms with Crippen LogP contribution in [0.5, 0.6) is 11.5 Å². The van der Waals surface area contributed by atoms with E-state index in [1.807, 2.05) is 0 Å². The summed E-state index contributed by atoms with van der Waals surface area (Å²) in [4.78, 5) is 15.5. The number of carbonyl (C=O) groups is 1. The summed E-state index contributed by atoms with van der Waals surface area (Å²) in [6, 6.07) is 4.06. The molecule has 104 valence electrons. The van der Waals surface area contributed by atoms with Gasteiger partial charge in [0.25, 0.3) is 0 Å². The van der Waals surface area contributed by atoms with Crippen LogP contribution in [0.1, 0.15) is 11.3 Å². The molecule has 0 aliphatic carbocycles. The van der Waals surface area contributed by atoms with Crippen LogP contribution in [-0.4, -0.2) is 27.3 Å². The summed E-state index contributed by atoms with van der Waals surface area (Å²) in [7, 11) is 0. The Hall–Kier alpha value is -2.61. The topological polar surface area (TPSA) is 121 Å². The van der Waals surface area contributed by atoms with Gasteiger partial charge in [0.15, 0.2) is 5.13 Å². The summed E-state index contributed by atoms with van der Waals surface area (Å²) in [6.45, 7) is 0. The molecule has 0 atom stereocenters. The van der Waals surface area contributed by atoms with Gasteiger partial charge in [0.2, 0.25) is 5.91 Å². The number of hydrazone groups is 1. The molecular weight excluding hydrogens is 280 g/mol. The second-order valence-electron chi connectivity index (χ2n) is 3.89. The number of phenolic OH excluding ortho intramolecular Hbond substituents is 2. The zero-order valence-electron chi connectivity index (χ0n) is 10.3. The van der Waals surface area contributed by atoms with Crippen molar-refractivity contribution < 1.29 is 15.0 Å². The van der Waals surface area contributed by atoms with E-state index in [1.54, 1.807) is 5.38 Å². The van der Waals surface area contributed by atoms with Crippen LogP contribution in [0.2, 0.25) is 0 Å².